The standard InChI is InChI=1S/C19H21NO3/c1-14(2)19(22)23-18-11-9-17(10-12-18)20(15(3)13-21)16-7-5-4-6-8-16/h4-12,15,21H,1,13H2,2-3H3. The number of carbonyl (C=O) groups is 1. The van der Waals surface area contributed by atoms with Gasteiger partial charge in [-0.1, -0.05) is 24.8 Å². The normalized spacial score (nSPS) is 11.6. The summed E-state index contributed by atoms with van der Waals surface area (Å²) in [6, 6.07) is 16.9. The van der Waals surface area contributed by atoms with Crippen LogP contribution in [0.15, 0.2) is 66.7 Å². The summed E-state index contributed by atoms with van der Waals surface area (Å²) in [7, 11) is 0. The number of ether oxygens (including phenoxy) is 1. The van der Waals surface area contributed by atoms with Crippen LogP contribution in [0.5, 0.6) is 5.75 Å². The van der Waals surface area contributed by atoms with Crippen LogP contribution in [0.3, 0.4) is 0 Å². The zero-order valence-corrected chi connectivity index (χ0v) is 13.4. The molecule has 0 aliphatic carbocycles. The van der Waals surface area contributed by atoms with Crippen molar-refractivity contribution < 1.29 is 14.6 Å². The van der Waals surface area contributed by atoms with Crippen molar-refractivity contribution in [2.75, 3.05) is 11.5 Å². The summed E-state index contributed by atoms with van der Waals surface area (Å²) in [6.45, 7) is 7.14. The number of nitrogens with zero attached hydrogens (tertiary/aromatic N) is 1. The minimum atomic E-state index is -0.443. The van der Waals surface area contributed by atoms with Crippen LogP contribution in [0, 0.1) is 0 Å². The Morgan fingerprint density at radius 1 is 1.13 bits per heavy atom. The molecular formula is C19H21NO3. The van der Waals surface area contributed by atoms with Crippen molar-refractivity contribution in [2.45, 2.75) is 19.9 Å². The number of para-hydroxylation sites is 1. The Kier molecular flexibility index (Phi) is 5.55. The number of benzene rings is 2. The first-order valence-electron chi connectivity index (χ1n) is 7.46. The fourth-order valence-electron chi connectivity index (χ4n) is 2.20. The lowest BCUT2D eigenvalue weighted by Crippen LogP contribution is -2.31. The molecule has 0 amide bonds. The topological polar surface area (TPSA) is 49.8 Å². The molecule has 23 heavy (non-hydrogen) atoms. The summed E-state index contributed by atoms with van der Waals surface area (Å²) in [6.07, 6.45) is 0. The monoisotopic (exact) mass is 311 g/mol. The van der Waals surface area contributed by atoms with Crippen molar-refractivity contribution in [2.24, 2.45) is 0 Å². The molecule has 2 aromatic carbocycles. The van der Waals surface area contributed by atoms with Crippen molar-refractivity contribution in [3.05, 3.63) is 66.7 Å². The van der Waals surface area contributed by atoms with Crippen molar-refractivity contribution in [1.29, 1.82) is 0 Å². The number of anilines is 2. The van der Waals surface area contributed by atoms with Crippen LogP contribution < -0.4 is 9.64 Å². The largest absolute Gasteiger partial charge is 0.423 e. The predicted molar refractivity (Wildman–Crippen MR) is 92.0 cm³/mol. The van der Waals surface area contributed by atoms with Crippen LogP contribution in [0.2, 0.25) is 0 Å². The summed E-state index contributed by atoms with van der Waals surface area (Å²) in [4.78, 5) is 13.6. The Morgan fingerprint density at radius 3 is 2.22 bits per heavy atom. The van der Waals surface area contributed by atoms with E-state index in [9.17, 15) is 9.90 Å². The van der Waals surface area contributed by atoms with Gasteiger partial charge in [0.2, 0.25) is 0 Å². The SMILES string of the molecule is C=C(C)C(=O)Oc1ccc(N(c2ccccc2)C(C)CO)cc1. The third kappa shape index (κ3) is 4.20. The second-order valence-electron chi connectivity index (χ2n) is 5.40. The van der Waals surface area contributed by atoms with Gasteiger partial charge in [0.25, 0.3) is 0 Å². The highest BCUT2D eigenvalue weighted by atomic mass is 16.5. The molecular weight excluding hydrogens is 290 g/mol. The Balaban J connectivity index is 2.26. The van der Waals surface area contributed by atoms with Crippen LogP contribution in [0.1, 0.15) is 13.8 Å². The summed E-state index contributed by atoms with van der Waals surface area (Å²) in [5.41, 5.74) is 2.25. The summed E-state index contributed by atoms with van der Waals surface area (Å²) in [5.74, 6) is 0.0211. The van der Waals surface area contributed by atoms with Gasteiger partial charge in [0, 0.05) is 16.9 Å². The molecule has 120 valence electrons. The Labute approximate surface area is 136 Å². The second kappa shape index (κ2) is 7.61. The minimum absolute atomic E-state index is 0.0291. The van der Waals surface area contributed by atoms with Gasteiger partial charge in [-0.25, -0.2) is 4.79 Å². The summed E-state index contributed by atoms with van der Waals surface area (Å²) in [5, 5.41) is 9.54. The first-order chi connectivity index (χ1) is 11.0. The average molecular weight is 311 g/mol. The van der Waals surface area contributed by atoms with E-state index in [1.165, 1.54) is 0 Å². The van der Waals surface area contributed by atoms with E-state index in [2.05, 4.69) is 6.58 Å². The van der Waals surface area contributed by atoms with Crippen LogP contribution in [-0.4, -0.2) is 23.7 Å². The van der Waals surface area contributed by atoms with Gasteiger partial charge < -0.3 is 14.7 Å². The van der Waals surface area contributed by atoms with Crippen molar-refractivity contribution in [3.8, 4) is 5.75 Å². The van der Waals surface area contributed by atoms with Crippen molar-refractivity contribution >= 4 is 17.3 Å². The molecule has 0 saturated carbocycles. The van der Waals surface area contributed by atoms with Gasteiger partial charge in [0.15, 0.2) is 0 Å². The predicted octanol–water partition coefficient (Wildman–Crippen LogP) is 3.69. The van der Waals surface area contributed by atoms with E-state index in [4.69, 9.17) is 4.74 Å². The molecule has 2 aromatic rings. The van der Waals surface area contributed by atoms with E-state index in [0.29, 0.717) is 11.3 Å². The Morgan fingerprint density at radius 2 is 1.70 bits per heavy atom. The third-order valence-electron chi connectivity index (χ3n) is 3.41. The zero-order valence-electron chi connectivity index (χ0n) is 13.4. The van der Waals surface area contributed by atoms with E-state index in [1.807, 2.05) is 54.3 Å². The first-order valence-corrected chi connectivity index (χ1v) is 7.46. The van der Waals surface area contributed by atoms with Crippen LogP contribution in [0.4, 0.5) is 11.4 Å². The number of hydrogen-bond acceptors (Lipinski definition) is 4. The highest BCUT2D eigenvalue weighted by Gasteiger charge is 2.16. The highest BCUT2D eigenvalue weighted by molar-refractivity contribution is 5.88. The molecule has 0 aromatic heterocycles. The summed E-state index contributed by atoms with van der Waals surface area (Å²) >= 11 is 0. The van der Waals surface area contributed by atoms with Gasteiger partial charge in [-0.15, -0.1) is 0 Å². The molecule has 1 atom stereocenters. The molecule has 0 bridgehead atoms. The van der Waals surface area contributed by atoms with E-state index in [0.717, 1.165) is 11.4 Å². The molecule has 1 N–H and O–H groups in total. The van der Waals surface area contributed by atoms with Gasteiger partial charge in [-0.05, 0) is 50.2 Å². The second-order valence-corrected chi connectivity index (χ2v) is 5.40. The highest BCUT2D eigenvalue weighted by Crippen LogP contribution is 2.29. The Bertz CT molecular complexity index is 665. The average Bonchev–Trinajstić information content (AvgIpc) is 2.57. The molecule has 1 unspecified atom stereocenters. The van der Waals surface area contributed by atoms with Crippen molar-refractivity contribution in [3.63, 3.8) is 0 Å². The van der Waals surface area contributed by atoms with Crippen LogP contribution >= 0.6 is 0 Å². The van der Waals surface area contributed by atoms with Gasteiger partial charge >= 0.3 is 5.97 Å². The van der Waals surface area contributed by atoms with Gasteiger partial charge in [-0.2, -0.15) is 0 Å². The van der Waals surface area contributed by atoms with E-state index in [1.54, 1.807) is 19.1 Å². The molecule has 0 heterocycles. The molecule has 0 radical (unpaired) electrons. The Hall–Kier alpha value is -2.59. The van der Waals surface area contributed by atoms with E-state index < -0.39 is 5.97 Å². The minimum Gasteiger partial charge on any atom is -0.423 e. The number of aliphatic hydroxyl groups excluding tert-OH is 1. The molecule has 0 fully saturated rings. The van der Waals surface area contributed by atoms with Crippen molar-refractivity contribution in [1.82, 2.24) is 0 Å². The quantitative estimate of drug-likeness (QED) is 0.502. The molecule has 0 aliphatic rings. The number of aliphatic hydroxyl groups is 1. The molecule has 0 spiro atoms. The smallest absolute Gasteiger partial charge is 0.338 e. The molecule has 2 rings (SSSR count). The lowest BCUT2D eigenvalue weighted by atomic mass is 10.1. The number of hydrogen-bond donors (Lipinski definition) is 1. The third-order valence-corrected chi connectivity index (χ3v) is 3.41. The van der Waals surface area contributed by atoms with Gasteiger partial charge in [0.05, 0.1) is 12.6 Å². The van der Waals surface area contributed by atoms with Gasteiger partial charge in [0.1, 0.15) is 5.75 Å². The maximum atomic E-state index is 11.5. The van der Waals surface area contributed by atoms with Gasteiger partial charge in [-0.3, -0.25) is 0 Å². The van der Waals surface area contributed by atoms with Crippen LogP contribution in [-0.2, 0) is 4.79 Å². The molecule has 0 saturated heterocycles. The fourth-order valence-corrected chi connectivity index (χ4v) is 2.20. The number of carbonyl (C=O) groups excluding carboxylic acids is 1. The zero-order chi connectivity index (χ0) is 16.8. The molecule has 0 aliphatic heterocycles. The lowest BCUT2D eigenvalue weighted by Gasteiger charge is -2.30. The molecule has 4 heteroatoms. The van der Waals surface area contributed by atoms with Crippen LogP contribution in [0.25, 0.3) is 0 Å². The fraction of sp³-hybridized carbons (Fsp3) is 0.211. The number of rotatable bonds is 6. The number of esters is 1. The maximum absolute atomic E-state index is 11.5. The first kappa shape index (κ1) is 16.8. The molecule has 4 nitrogen and oxygen atoms in total. The lowest BCUT2D eigenvalue weighted by molar-refractivity contribution is -0.130. The van der Waals surface area contributed by atoms with E-state index in [-0.39, 0.29) is 12.6 Å². The maximum Gasteiger partial charge on any atom is 0.338 e. The van der Waals surface area contributed by atoms with E-state index >= 15 is 0 Å². The summed E-state index contributed by atoms with van der Waals surface area (Å²) < 4.78 is 5.20.